The molecule has 0 bridgehead atoms. The molecule has 0 radical (unpaired) electrons. The van der Waals surface area contributed by atoms with E-state index in [2.05, 4.69) is 4.74 Å². The molecule has 0 amide bonds. The monoisotopic (exact) mass is 317 g/mol. The van der Waals surface area contributed by atoms with Gasteiger partial charge in [-0.3, -0.25) is 0 Å². The van der Waals surface area contributed by atoms with Crippen molar-refractivity contribution in [3.8, 4) is 5.75 Å². The van der Waals surface area contributed by atoms with E-state index in [-0.39, 0.29) is 6.61 Å². The highest BCUT2D eigenvalue weighted by atomic mass is 19.1. The zero-order valence-electron chi connectivity index (χ0n) is 12.9. The molecule has 2 rings (SSSR count). The molecule has 0 fully saturated rings. The molecule has 0 saturated heterocycles. The highest BCUT2D eigenvalue weighted by Crippen LogP contribution is 2.21. The smallest absolute Gasteiger partial charge is 0.342 e. The predicted molar refractivity (Wildman–Crippen MR) is 85.7 cm³/mol. The largest absolute Gasteiger partial charge is 0.489 e. The molecule has 0 spiro atoms. The van der Waals surface area contributed by atoms with E-state index in [0.29, 0.717) is 17.9 Å². The van der Waals surface area contributed by atoms with Gasteiger partial charge in [-0.25, -0.2) is 9.18 Å². The van der Waals surface area contributed by atoms with Crippen LogP contribution in [0.1, 0.15) is 24.1 Å². The Balaban J connectivity index is 1.94. The zero-order valence-corrected chi connectivity index (χ0v) is 12.9. The van der Waals surface area contributed by atoms with Gasteiger partial charge in [0.15, 0.2) is 0 Å². The third-order valence-corrected chi connectivity index (χ3v) is 3.34. The van der Waals surface area contributed by atoms with Crippen molar-refractivity contribution in [1.82, 2.24) is 0 Å². The lowest BCUT2D eigenvalue weighted by Gasteiger charge is -2.16. The van der Waals surface area contributed by atoms with Crippen LogP contribution in [0.3, 0.4) is 0 Å². The van der Waals surface area contributed by atoms with Crippen molar-refractivity contribution in [2.45, 2.75) is 25.7 Å². The van der Waals surface area contributed by atoms with Crippen molar-refractivity contribution < 1.29 is 18.7 Å². The molecule has 23 heavy (non-hydrogen) atoms. The molecule has 0 aromatic heterocycles. The van der Waals surface area contributed by atoms with Crippen LogP contribution in [-0.2, 0) is 16.1 Å². The first-order valence-corrected chi connectivity index (χ1v) is 7.44. The molecule has 2 N–H and O–H groups in total. The summed E-state index contributed by atoms with van der Waals surface area (Å²) in [6, 6.07) is 15.4. The quantitative estimate of drug-likeness (QED) is 0.797. The topological polar surface area (TPSA) is 61.5 Å². The molecule has 2 atom stereocenters. The summed E-state index contributed by atoms with van der Waals surface area (Å²) < 4.78 is 24.2. The number of carbonyl (C=O) groups is 1. The number of carbonyl (C=O) groups excluding carboxylic acids is 1. The van der Waals surface area contributed by atoms with E-state index < -0.39 is 18.2 Å². The van der Waals surface area contributed by atoms with Crippen LogP contribution >= 0.6 is 0 Å². The first-order valence-electron chi connectivity index (χ1n) is 7.44. The Morgan fingerprint density at radius 3 is 2.39 bits per heavy atom. The molecule has 0 aliphatic rings. The fourth-order valence-electron chi connectivity index (χ4n) is 2.06. The predicted octanol–water partition coefficient (Wildman–Crippen LogP) is 3.17. The number of benzene rings is 2. The maximum atomic E-state index is 13.9. The average Bonchev–Trinajstić information content (AvgIpc) is 2.60. The molecule has 4 nitrogen and oxygen atoms in total. The Bertz CT molecular complexity index is 616. The molecule has 1 unspecified atom stereocenters. The molecule has 0 aliphatic carbocycles. The normalized spacial score (nSPS) is 13.2. The number of ether oxygens (including phenoxy) is 2. The van der Waals surface area contributed by atoms with E-state index in [1.165, 1.54) is 0 Å². The molecular weight excluding hydrogens is 297 g/mol. The first kappa shape index (κ1) is 17.0. The highest BCUT2D eigenvalue weighted by Gasteiger charge is 2.27. The van der Waals surface area contributed by atoms with Crippen molar-refractivity contribution in [1.29, 1.82) is 0 Å². The van der Waals surface area contributed by atoms with E-state index in [1.54, 1.807) is 31.2 Å². The number of alkyl halides is 1. The van der Waals surface area contributed by atoms with Crippen molar-refractivity contribution in [3.05, 3.63) is 65.7 Å². The van der Waals surface area contributed by atoms with E-state index >= 15 is 0 Å². The molecule has 0 saturated carbocycles. The van der Waals surface area contributed by atoms with Crippen LogP contribution in [0, 0.1) is 0 Å². The van der Waals surface area contributed by atoms with Gasteiger partial charge in [-0.15, -0.1) is 0 Å². The second-order valence-corrected chi connectivity index (χ2v) is 5.02. The van der Waals surface area contributed by atoms with Crippen molar-refractivity contribution >= 4 is 5.97 Å². The van der Waals surface area contributed by atoms with Gasteiger partial charge in [0.05, 0.1) is 12.6 Å². The van der Waals surface area contributed by atoms with Gasteiger partial charge >= 0.3 is 5.97 Å². The summed E-state index contributed by atoms with van der Waals surface area (Å²) >= 11 is 0. The minimum absolute atomic E-state index is 0.123. The third kappa shape index (κ3) is 4.79. The lowest BCUT2D eigenvalue weighted by atomic mass is 10.0. The fourth-order valence-corrected chi connectivity index (χ4v) is 2.06. The standard InChI is InChI=1S/C18H20FNO3/c1-2-22-18(21)16(19)17(20)14-8-10-15(11-9-14)23-12-13-6-4-3-5-7-13/h3-11,16-17H,2,12,20H2,1H3/t16?,17-/m0/s1. The minimum atomic E-state index is -1.88. The summed E-state index contributed by atoms with van der Waals surface area (Å²) in [5, 5.41) is 0. The van der Waals surface area contributed by atoms with E-state index in [9.17, 15) is 9.18 Å². The zero-order chi connectivity index (χ0) is 16.7. The van der Waals surface area contributed by atoms with Crippen LogP contribution in [0.25, 0.3) is 0 Å². The van der Waals surface area contributed by atoms with Crippen molar-refractivity contribution in [3.63, 3.8) is 0 Å². The molecule has 0 aliphatic heterocycles. The molecule has 0 heterocycles. The molecule has 2 aromatic carbocycles. The third-order valence-electron chi connectivity index (χ3n) is 3.34. The van der Waals surface area contributed by atoms with Gasteiger partial charge in [0, 0.05) is 0 Å². The van der Waals surface area contributed by atoms with Crippen LogP contribution in [-0.4, -0.2) is 18.7 Å². The Morgan fingerprint density at radius 2 is 1.78 bits per heavy atom. The van der Waals surface area contributed by atoms with Crippen LogP contribution < -0.4 is 10.5 Å². The number of nitrogens with two attached hydrogens (primary N) is 1. The van der Waals surface area contributed by atoms with Gasteiger partial charge in [0.2, 0.25) is 6.17 Å². The number of hydrogen-bond donors (Lipinski definition) is 1. The van der Waals surface area contributed by atoms with Gasteiger partial charge in [0.25, 0.3) is 0 Å². The van der Waals surface area contributed by atoms with E-state index in [4.69, 9.17) is 10.5 Å². The van der Waals surface area contributed by atoms with Gasteiger partial charge in [-0.1, -0.05) is 42.5 Å². The Labute approximate surface area is 135 Å². The maximum Gasteiger partial charge on any atom is 0.342 e. The SMILES string of the molecule is CCOC(=O)C(F)[C@@H](N)c1ccc(OCc2ccccc2)cc1. The summed E-state index contributed by atoms with van der Waals surface area (Å²) in [5.74, 6) is -0.291. The van der Waals surface area contributed by atoms with Crippen LogP contribution in [0.15, 0.2) is 54.6 Å². The Morgan fingerprint density at radius 1 is 1.13 bits per heavy atom. The number of hydrogen-bond acceptors (Lipinski definition) is 4. The second-order valence-electron chi connectivity index (χ2n) is 5.02. The van der Waals surface area contributed by atoms with Crippen molar-refractivity contribution in [2.24, 2.45) is 5.73 Å². The summed E-state index contributed by atoms with van der Waals surface area (Å²) in [6.07, 6.45) is -1.88. The summed E-state index contributed by atoms with van der Waals surface area (Å²) in [4.78, 5) is 11.4. The van der Waals surface area contributed by atoms with Crippen LogP contribution in [0.4, 0.5) is 4.39 Å². The van der Waals surface area contributed by atoms with Crippen molar-refractivity contribution in [2.75, 3.05) is 6.61 Å². The number of esters is 1. The number of rotatable bonds is 7. The summed E-state index contributed by atoms with van der Waals surface area (Å²) in [5.41, 5.74) is 7.33. The molecule has 122 valence electrons. The summed E-state index contributed by atoms with van der Waals surface area (Å²) in [6.45, 7) is 2.19. The Hall–Kier alpha value is -2.40. The van der Waals surface area contributed by atoms with Crippen LogP contribution in [0.5, 0.6) is 5.75 Å². The minimum Gasteiger partial charge on any atom is -0.489 e. The second kappa shape index (κ2) is 8.29. The lowest BCUT2D eigenvalue weighted by Crippen LogP contribution is -2.31. The Kier molecular flexibility index (Phi) is 6.11. The fraction of sp³-hybridized carbons (Fsp3) is 0.278. The lowest BCUT2D eigenvalue weighted by molar-refractivity contribution is -0.149. The van der Waals surface area contributed by atoms with Gasteiger partial charge < -0.3 is 15.2 Å². The maximum absolute atomic E-state index is 13.9. The van der Waals surface area contributed by atoms with E-state index in [0.717, 1.165) is 5.56 Å². The van der Waals surface area contributed by atoms with Crippen LogP contribution in [0.2, 0.25) is 0 Å². The molecule has 5 heteroatoms. The van der Waals surface area contributed by atoms with Gasteiger partial charge in [-0.2, -0.15) is 0 Å². The molecular formula is C18H20FNO3. The summed E-state index contributed by atoms with van der Waals surface area (Å²) in [7, 11) is 0. The van der Waals surface area contributed by atoms with Gasteiger partial charge in [-0.05, 0) is 30.2 Å². The van der Waals surface area contributed by atoms with E-state index in [1.807, 2.05) is 30.3 Å². The first-order chi connectivity index (χ1) is 11.1. The number of halogens is 1. The average molecular weight is 317 g/mol. The molecule has 2 aromatic rings. The highest BCUT2D eigenvalue weighted by molar-refractivity contribution is 5.75. The van der Waals surface area contributed by atoms with Gasteiger partial charge in [0.1, 0.15) is 12.4 Å².